The standard InChI is InChI=1S/C46H54N3O6PSi/c1-8-30-54-44(52)43(56(36-18-12-9-13-19-36,37-20-14-10-15-21-37)38-22-16-11-17-23-38)49-39(41(42(49)51)33(2)55-57(6,7)46(3,4)5)31-40(50)35-26-24-34(25-27-35)32-48-29-28-47-45(48)53/h8-27,33,39,41H,1,28-32H2,2-7H3,(H,47,53)/t33-,39-,41-/m1/s1. The summed E-state index contributed by atoms with van der Waals surface area (Å²) in [6.45, 7) is 14.9. The number of esters is 1. The molecule has 0 aliphatic carbocycles. The fourth-order valence-corrected chi connectivity index (χ4v) is 13.5. The molecule has 4 aromatic carbocycles. The first-order valence-corrected chi connectivity index (χ1v) is 24.3. The molecule has 3 amide bonds. The zero-order valence-corrected chi connectivity index (χ0v) is 35.7. The molecule has 4 aromatic rings. The molecule has 9 nitrogen and oxygen atoms in total. The van der Waals surface area contributed by atoms with Crippen LogP contribution in [0.4, 0.5) is 4.79 Å². The number of urea groups is 1. The molecule has 0 aromatic heterocycles. The molecule has 3 atom stereocenters. The lowest BCUT2D eigenvalue weighted by atomic mass is 9.79. The highest BCUT2D eigenvalue weighted by atomic mass is 31.2. The molecule has 0 bridgehead atoms. The van der Waals surface area contributed by atoms with Crippen molar-refractivity contribution in [3.8, 4) is 0 Å². The van der Waals surface area contributed by atoms with Crippen molar-refractivity contribution in [2.24, 2.45) is 5.92 Å². The van der Waals surface area contributed by atoms with Crippen LogP contribution < -0.4 is 21.2 Å². The summed E-state index contributed by atoms with van der Waals surface area (Å²) in [5, 5.41) is 5.28. The third-order valence-corrected chi connectivity index (χ3v) is 20.4. The fraction of sp³-hybridized carbons (Fsp3) is 0.326. The molecule has 2 fully saturated rings. The van der Waals surface area contributed by atoms with Crippen molar-refractivity contribution < 1.29 is 28.3 Å². The van der Waals surface area contributed by atoms with Gasteiger partial charge >= 0.3 is 12.0 Å². The van der Waals surface area contributed by atoms with Gasteiger partial charge in [0, 0.05) is 38.5 Å². The Hall–Kier alpha value is -5.02. The molecule has 1 N–H and O–H groups in total. The van der Waals surface area contributed by atoms with Gasteiger partial charge < -0.3 is 24.3 Å². The highest BCUT2D eigenvalue weighted by molar-refractivity contribution is 7.96. The van der Waals surface area contributed by atoms with Gasteiger partial charge in [-0.3, -0.25) is 9.59 Å². The van der Waals surface area contributed by atoms with Crippen molar-refractivity contribution in [2.45, 2.75) is 70.9 Å². The number of amides is 3. The number of Topliss-reactive ketones (excluding diaryl/α,β-unsaturated/α-hetero) is 1. The molecule has 0 saturated carbocycles. The maximum atomic E-state index is 15.1. The molecule has 0 radical (unpaired) electrons. The number of ketones is 1. The Morgan fingerprint density at radius 3 is 1.86 bits per heavy atom. The van der Waals surface area contributed by atoms with E-state index in [0.29, 0.717) is 25.2 Å². The van der Waals surface area contributed by atoms with E-state index in [1.165, 1.54) is 6.08 Å². The normalized spacial score (nSPS) is 17.7. The van der Waals surface area contributed by atoms with Crippen molar-refractivity contribution in [1.82, 2.24) is 15.1 Å². The van der Waals surface area contributed by atoms with Crippen molar-refractivity contribution in [2.75, 3.05) is 19.7 Å². The van der Waals surface area contributed by atoms with Gasteiger partial charge in [0.25, 0.3) is 0 Å². The first-order chi connectivity index (χ1) is 27.2. The summed E-state index contributed by atoms with van der Waals surface area (Å²) < 4.78 is 12.8. The van der Waals surface area contributed by atoms with Crippen LogP contribution >= 0.6 is 6.89 Å². The van der Waals surface area contributed by atoms with Gasteiger partial charge in [0.05, 0.1) is 18.1 Å². The Morgan fingerprint density at radius 2 is 1.40 bits per heavy atom. The van der Waals surface area contributed by atoms with Crippen LogP contribution in [0.25, 0.3) is 0 Å². The lowest BCUT2D eigenvalue weighted by Gasteiger charge is -2.53. The van der Waals surface area contributed by atoms with E-state index in [-0.39, 0.29) is 41.2 Å². The molecular formula is C46H54N3O6PSi. The number of likely N-dealkylation sites (tertiary alicyclic amines) is 1. The minimum atomic E-state index is -3.19. The van der Waals surface area contributed by atoms with Crippen LogP contribution in [0.15, 0.2) is 128 Å². The monoisotopic (exact) mass is 803 g/mol. The van der Waals surface area contributed by atoms with Gasteiger partial charge in [-0.05, 0) is 46.5 Å². The van der Waals surface area contributed by atoms with Crippen LogP contribution in [-0.4, -0.2) is 79.1 Å². The Morgan fingerprint density at radius 1 is 0.877 bits per heavy atom. The van der Waals surface area contributed by atoms with E-state index in [0.717, 1.165) is 21.5 Å². The first-order valence-electron chi connectivity index (χ1n) is 19.6. The Labute approximate surface area is 338 Å². The highest BCUT2D eigenvalue weighted by Crippen LogP contribution is 2.50. The van der Waals surface area contributed by atoms with E-state index in [4.69, 9.17) is 9.16 Å². The number of nitrogens with one attached hydrogen (secondary N) is 1. The summed E-state index contributed by atoms with van der Waals surface area (Å²) in [5.41, 5.74) is 1.60. The summed E-state index contributed by atoms with van der Waals surface area (Å²) in [7, 11) is -2.38. The van der Waals surface area contributed by atoms with E-state index in [1.807, 2.05) is 110 Å². The Bertz CT molecular complexity index is 2050. The molecule has 2 saturated heterocycles. The molecule has 6 rings (SSSR count). The summed E-state index contributed by atoms with van der Waals surface area (Å²) in [6, 6.07) is 36.0. The van der Waals surface area contributed by atoms with Crippen LogP contribution in [0, 0.1) is 5.92 Å². The Kier molecular flexibility index (Phi) is 12.6. The molecule has 298 valence electrons. The average Bonchev–Trinajstić information content (AvgIpc) is 3.60. The van der Waals surface area contributed by atoms with Crippen LogP contribution in [0.3, 0.4) is 0 Å². The van der Waals surface area contributed by atoms with Gasteiger partial charge in [-0.15, -0.1) is 0 Å². The summed E-state index contributed by atoms with van der Waals surface area (Å²) >= 11 is 0. The lowest BCUT2D eigenvalue weighted by Crippen LogP contribution is -2.69. The summed E-state index contributed by atoms with van der Waals surface area (Å²) in [4.78, 5) is 60.1. The number of nitrogens with zero attached hydrogens (tertiary/aromatic N) is 2. The van der Waals surface area contributed by atoms with Crippen molar-refractivity contribution in [3.05, 3.63) is 139 Å². The molecule has 0 spiro atoms. The number of ether oxygens (including phenoxy) is 1. The van der Waals surface area contributed by atoms with Crippen molar-refractivity contribution in [3.63, 3.8) is 0 Å². The second-order valence-corrected chi connectivity index (χ2v) is 24.3. The van der Waals surface area contributed by atoms with Crippen LogP contribution in [0.1, 0.15) is 50.0 Å². The summed E-state index contributed by atoms with van der Waals surface area (Å²) in [5.74, 6) is -1.80. The number of β-lactam (4-membered cyclic amide) rings is 1. The second-order valence-electron chi connectivity index (χ2n) is 16.3. The summed E-state index contributed by atoms with van der Waals surface area (Å²) in [6.07, 6.45) is 0.927. The van der Waals surface area contributed by atoms with E-state index < -0.39 is 39.2 Å². The van der Waals surface area contributed by atoms with Crippen LogP contribution in [0.5, 0.6) is 0 Å². The predicted molar refractivity (Wildman–Crippen MR) is 232 cm³/mol. The third-order valence-electron chi connectivity index (χ3n) is 11.5. The molecule has 11 heteroatoms. The molecule has 2 heterocycles. The minimum absolute atomic E-state index is 0.0495. The predicted octanol–water partition coefficient (Wildman–Crippen LogP) is 6.88. The number of carbonyl (C=O) groups is 4. The zero-order chi connectivity index (χ0) is 41.0. The maximum absolute atomic E-state index is 15.1. The zero-order valence-electron chi connectivity index (χ0n) is 33.8. The van der Waals surface area contributed by atoms with E-state index >= 15 is 4.79 Å². The highest BCUT2D eigenvalue weighted by Gasteiger charge is 2.57. The maximum Gasteiger partial charge on any atom is 0.356 e. The van der Waals surface area contributed by atoms with Gasteiger partial charge in [-0.25, -0.2) is 9.59 Å². The number of benzene rings is 4. The molecule has 57 heavy (non-hydrogen) atoms. The molecule has 0 unspecified atom stereocenters. The van der Waals surface area contributed by atoms with Crippen molar-refractivity contribution in [1.29, 1.82) is 0 Å². The number of carbonyl (C=O) groups excluding carboxylic acids is 4. The largest absolute Gasteiger partial charge is 0.457 e. The Balaban J connectivity index is 1.55. The van der Waals surface area contributed by atoms with Crippen LogP contribution in [0.2, 0.25) is 18.1 Å². The number of rotatable bonds is 15. The van der Waals surface area contributed by atoms with Gasteiger partial charge in [-0.2, -0.15) is 0 Å². The molecule has 2 aliphatic heterocycles. The number of hydrogen-bond donors (Lipinski definition) is 1. The van der Waals surface area contributed by atoms with Gasteiger partial charge in [0.2, 0.25) is 5.91 Å². The minimum Gasteiger partial charge on any atom is -0.457 e. The second kappa shape index (κ2) is 17.2. The van der Waals surface area contributed by atoms with Gasteiger partial charge in [0.15, 0.2) is 14.1 Å². The number of hydrogen-bond acceptors (Lipinski definition) is 6. The topological polar surface area (TPSA) is 105 Å². The molecule has 2 aliphatic rings. The smallest absolute Gasteiger partial charge is 0.356 e. The van der Waals surface area contributed by atoms with Gasteiger partial charge in [0.1, 0.15) is 12.0 Å². The van der Waals surface area contributed by atoms with E-state index in [1.54, 1.807) is 21.9 Å². The van der Waals surface area contributed by atoms with E-state index in [2.05, 4.69) is 45.8 Å². The average molecular weight is 804 g/mol. The molecular weight excluding hydrogens is 750 g/mol. The van der Waals surface area contributed by atoms with Gasteiger partial charge in [-0.1, -0.05) is 149 Å². The lowest BCUT2D eigenvalue weighted by molar-refractivity contribution is -0.156. The SMILES string of the molecule is C=CCOC(=O)C(N1C(=O)[C@H]([C@@H](C)O[Si](C)(C)C(C)(C)C)[C@H]1CC(=O)c1ccc(CN2CCNC2=O)cc1)=P(c1ccccc1)(c1ccccc1)c1ccccc1. The first kappa shape index (κ1) is 41.6. The van der Waals surface area contributed by atoms with Crippen LogP contribution in [-0.2, 0) is 25.3 Å². The quantitative estimate of drug-likeness (QED) is 0.0351. The van der Waals surface area contributed by atoms with Crippen molar-refractivity contribution >= 4 is 60.2 Å². The third kappa shape index (κ3) is 8.36. The van der Waals surface area contributed by atoms with E-state index in [9.17, 15) is 14.4 Å². The fourth-order valence-electron chi connectivity index (χ4n) is 7.63.